The third-order valence-electron chi connectivity index (χ3n) is 2.72. The first-order valence-electron chi connectivity index (χ1n) is 6.59. The first-order chi connectivity index (χ1) is 10.3. The van der Waals surface area contributed by atoms with Gasteiger partial charge in [0.05, 0.1) is 0 Å². The minimum atomic E-state index is -0.381. The Kier molecular flexibility index (Phi) is 5.60. The molecular weight excluding hydrogens is 270 g/mol. The van der Waals surface area contributed by atoms with Gasteiger partial charge in [-0.3, -0.25) is 4.79 Å². The van der Waals surface area contributed by atoms with Crippen LogP contribution in [0, 0.1) is 0 Å². The van der Waals surface area contributed by atoms with E-state index in [9.17, 15) is 4.79 Å². The van der Waals surface area contributed by atoms with Crippen LogP contribution in [0.3, 0.4) is 0 Å². The molecule has 110 valence electrons. The van der Waals surface area contributed by atoms with Crippen molar-refractivity contribution >= 4 is 5.91 Å². The maximum atomic E-state index is 11.4. The van der Waals surface area contributed by atoms with Gasteiger partial charge in [-0.25, -0.2) is 0 Å². The van der Waals surface area contributed by atoms with Gasteiger partial charge in [0.1, 0.15) is 31.4 Å². The zero-order valence-electron chi connectivity index (χ0n) is 11.5. The number of hydrogen-bond donors (Lipinski definition) is 2. The van der Waals surface area contributed by atoms with Gasteiger partial charge in [0.2, 0.25) is 0 Å². The number of rotatable bonds is 7. The Morgan fingerprint density at radius 3 is 2.05 bits per heavy atom. The fourth-order valence-corrected chi connectivity index (χ4v) is 1.71. The molecule has 0 spiro atoms. The molecule has 2 aromatic carbocycles. The van der Waals surface area contributed by atoms with Crippen LogP contribution in [-0.2, 0) is 0 Å². The molecule has 0 unspecified atom stereocenters. The van der Waals surface area contributed by atoms with E-state index in [1.807, 2.05) is 30.3 Å². The highest BCUT2D eigenvalue weighted by atomic mass is 16.5. The van der Waals surface area contributed by atoms with E-state index in [0.29, 0.717) is 24.5 Å². The molecule has 5 heteroatoms. The van der Waals surface area contributed by atoms with Crippen molar-refractivity contribution in [2.24, 2.45) is 0 Å². The lowest BCUT2D eigenvalue weighted by molar-refractivity contribution is 0.0910. The second-order valence-corrected chi connectivity index (χ2v) is 4.20. The van der Waals surface area contributed by atoms with Gasteiger partial charge in [0.25, 0.3) is 5.91 Å². The maximum Gasteiger partial charge on any atom is 0.253 e. The molecule has 0 saturated carbocycles. The SMILES string of the molecule is O=C(NCO)c1ccc(OCCOc2ccccc2)cc1. The average molecular weight is 287 g/mol. The van der Waals surface area contributed by atoms with E-state index in [1.165, 1.54) is 0 Å². The molecule has 2 N–H and O–H groups in total. The standard InChI is InChI=1S/C16H17NO4/c18-12-17-16(19)13-6-8-15(9-7-13)21-11-10-20-14-4-2-1-3-5-14/h1-9,18H,10-12H2,(H,17,19). The molecule has 0 aliphatic heterocycles. The second kappa shape index (κ2) is 7.91. The molecule has 0 aliphatic rings. The van der Waals surface area contributed by atoms with Crippen LogP contribution in [0.4, 0.5) is 0 Å². The summed E-state index contributed by atoms with van der Waals surface area (Å²) in [7, 11) is 0. The lowest BCUT2D eigenvalue weighted by atomic mass is 10.2. The predicted octanol–water partition coefficient (Wildman–Crippen LogP) is 1.82. The second-order valence-electron chi connectivity index (χ2n) is 4.20. The number of carbonyl (C=O) groups excluding carboxylic acids is 1. The van der Waals surface area contributed by atoms with Gasteiger partial charge in [-0.2, -0.15) is 0 Å². The number of para-hydroxylation sites is 1. The Bertz CT molecular complexity index is 554. The molecule has 0 radical (unpaired) electrons. The van der Waals surface area contributed by atoms with Crippen LogP contribution >= 0.6 is 0 Å². The highest BCUT2D eigenvalue weighted by molar-refractivity contribution is 5.94. The first-order valence-corrected chi connectivity index (χ1v) is 6.59. The van der Waals surface area contributed by atoms with E-state index in [4.69, 9.17) is 14.6 Å². The van der Waals surface area contributed by atoms with Crippen molar-refractivity contribution in [1.29, 1.82) is 0 Å². The van der Waals surface area contributed by atoms with E-state index in [0.717, 1.165) is 5.75 Å². The van der Waals surface area contributed by atoms with Crippen LogP contribution in [0.5, 0.6) is 11.5 Å². The monoisotopic (exact) mass is 287 g/mol. The summed E-state index contributed by atoms with van der Waals surface area (Å²) in [6.45, 7) is 0.474. The van der Waals surface area contributed by atoms with Crippen molar-refractivity contribution in [2.45, 2.75) is 0 Å². The van der Waals surface area contributed by atoms with Crippen LogP contribution in [0.1, 0.15) is 10.4 Å². The first kappa shape index (κ1) is 14.9. The van der Waals surface area contributed by atoms with Crippen LogP contribution in [0.2, 0.25) is 0 Å². The predicted molar refractivity (Wildman–Crippen MR) is 78.4 cm³/mol. The van der Waals surface area contributed by atoms with E-state index < -0.39 is 0 Å². The van der Waals surface area contributed by atoms with Crippen molar-refractivity contribution in [3.05, 3.63) is 60.2 Å². The summed E-state index contributed by atoms with van der Waals surface area (Å²) in [5.41, 5.74) is 0.469. The maximum absolute atomic E-state index is 11.4. The quantitative estimate of drug-likeness (QED) is 0.602. The zero-order chi connectivity index (χ0) is 14.9. The normalized spacial score (nSPS) is 9.95. The molecule has 0 bridgehead atoms. The smallest absolute Gasteiger partial charge is 0.253 e. The lowest BCUT2D eigenvalue weighted by Gasteiger charge is -2.08. The number of aliphatic hydroxyl groups is 1. The van der Waals surface area contributed by atoms with Gasteiger partial charge in [-0.1, -0.05) is 18.2 Å². The third kappa shape index (κ3) is 4.81. The fraction of sp³-hybridized carbons (Fsp3) is 0.188. The van der Waals surface area contributed by atoms with Crippen molar-refractivity contribution in [3.63, 3.8) is 0 Å². The molecule has 1 amide bonds. The number of carbonyl (C=O) groups is 1. The highest BCUT2D eigenvalue weighted by Crippen LogP contribution is 2.12. The van der Waals surface area contributed by atoms with Crippen molar-refractivity contribution in [1.82, 2.24) is 5.32 Å². The Morgan fingerprint density at radius 2 is 1.48 bits per heavy atom. The summed E-state index contributed by atoms with van der Waals surface area (Å²) >= 11 is 0. The third-order valence-corrected chi connectivity index (χ3v) is 2.72. The Hall–Kier alpha value is -2.53. The summed E-state index contributed by atoms with van der Waals surface area (Å²) in [4.78, 5) is 11.4. The Balaban J connectivity index is 1.75. The van der Waals surface area contributed by atoms with E-state index in [1.54, 1.807) is 24.3 Å². The van der Waals surface area contributed by atoms with Crippen LogP contribution in [0.25, 0.3) is 0 Å². The highest BCUT2D eigenvalue weighted by Gasteiger charge is 2.04. The number of ether oxygens (including phenoxy) is 2. The Morgan fingerprint density at radius 1 is 0.905 bits per heavy atom. The molecule has 2 rings (SSSR count). The number of aliphatic hydroxyl groups excluding tert-OH is 1. The number of nitrogens with one attached hydrogen (secondary N) is 1. The molecule has 2 aromatic rings. The molecule has 21 heavy (non-hydrogen) atoms. The molecule has 0 fully saturated rings. The minimum Gasteiger partial charge on any atom is -0.490 e. The lowest BCUT2D eigenvalue weighted by Crippen LogP contribution is -2.23. The molecule has 0 saturated heterocycles. The zero-order valence-corrected chi connectivity index (χ0v) is 11.5. The summed E-state index contributed by atoms with van der Waals surface area (Å²) < 4.78 is 11.0. The summed E-state index contributed by atoms with van der Waals surface area (Å²) in [5, 5.41) is 10.9. The van der Waals surface area contributed by atoms with E-state index in [-0.39, 0.29) is 12.6 Å². The Labute approximate surface area is 123 Å². The van der Waals surface area contributed by atoms with Crippen LogP contribution in [0.15, 0.2) is 54.6 Å². The average Bonchev–Trinajstić information content (AvgIpc) is 2.53. The number of benzene rings is 2. The van der Waals surface area contributed by atoms with E-state index in [2.05, 4.69) is 5.32 Å². The van der Waals surface area contributed by atoms with Gasteiger partial charge in [0.15, 0.2) is 0 Å². The van der Waals surface area contributed by atoms with Gasteiger partial charge in [0, 0.05) is 5.56 Å². The van der Waals surface area contributed by atoms with Crippen LogP contribution in [-0.4, -0.2) is 31.0 Å². The van der Waals surface area contributed by atoms with Gasteiger partial charge >= 0.3 is 0 Å². The van der Waals surface area contributed by atoms with Crippen LogP contribution < -0.4 is 14.8 Å². The molecule has 5 nitrogen and oxygen atoms in total. The molecule has 0 aliphatic carbocycles. The number of amides is 1. The van der Waals surface area contributed by atoms with Gasteiger partial charge < -0.3 is 19.9 Å². The van der Waals surface area contributed by atoms with Crippen molar-refractivity contribution in [3.8, 4) is 11.5 Å². The topological polar surface area (TPSA) is 67.8 Å². The van der Waals surface area contributed by atoms with Crippen molar-refractivity contribution < 1.29 is 19.4 Å². The largest absolute Gasteiger partial charge is 0.490 e. The van der Waals surface area contributed by atoms with E-state index >= 15 is 0 Å². The molecule has 0 heterocycles. The van der Waals surface area contributed by atoms with Crippen molar-refractivity contribution in [2.75, 3.05) is 19.9 Å². The molecule has 0 atom stereocenters. The molecular formula is C16H17NO4. The summed E-state index contributed by atoms with van der Waals surface area (Å²) in [6, 6.07) is 16.2. The fourth-order valence-electron chi connectivity index (χ4n) is 1.71. The summed E-state index contributed by atoms with van der Waals surface area (Å²) in [5.74, 6) is 1.14. The van der Waals surface area contributed by atoms with Gasteiger partial charge in [-0.05, 0) is 36.4 Å². The number of hydrogen-bond acceptors (Lipinski definition) is 4. The van der Waals surface area contributed by atoms with Gasteiger partial charge in [-0.15, -0.1) is 0 Å². The summed E-state index contributed by atoms with van der Waals surface area (Å²) in [6.07, 6.45) is 0. The molecule has 0 aromatic heterocycles. The minimum absolute atomic E-state index is 0.323.